The highest BCUT2D eigenvalue weighted by Crippen LogP contribution is 2.25. The Labute approximate surface area is 182 Å². The summed E-state index contributed by atoms with van der Waals surface area (Å²) >= 11 is 0. The van der Waals surface area contributed by atoms with Crippen LogP contribution in [0.25, 0.3) is 0 Å². The van der Waals surface area contributed by atoms with Crippen LogP contribution in [0.3, 0.4) is 0 Å². The number of aromatic nitrogens is 2. The van der Waals surface area contributed by atoms with Crippen LogP contribution >= 0.6 is 0 Å². The summed E-state index contributed by atoms with van der Waals surface area (Å²) in [6.07, 6.45) is 3.67. The van der Waals surface area contributed by atoms with Gasteiger partial charge in [-0.3, -0.25) is 9.67 Å². The van der Waals surface area contributed by atoms with Gasteiger partial charge in [0.2, 0.25) is 0 Å². The van der Waals surface area contributed by atoms with Gasteiger partial charge in [0.05, 0.1) is 19.2 Å². The molecule has 162 valence electrons. The lowest BCUT2D eigenvalue weighted by Crippen LogP contribution is -2.50. The molecule has 0 spiro atoms. The van der Waals surface area contributed by atoms with Gasteiger partial charge >= 0.3 is 0 Å². The summed E-state index contributed by atoms with van der Waals surface area (Å²) in [4.78, 5) is 6.69. The first-order chi connectivity index (χ1) is 15.1. The summed E-state index contributed by atoms with van der Waals surface area (Å²) in [6.45, 7) is 4.88. The van der Waals surface area contributed by atoms with Crippen LogP contribution in [0.1, 0.15) is 29.7 Å². The number of hydrogen-bond acceptors (Lipinski definition) is 3. The molecule has 1 N–H and O–H groups in total. The van der Waals surface area contributed by atoms with Crippen LogP contribution < -0.4 is 5.32 Å². The molecular formula is C24H28FN5O. The minimum atomic E-state index is -0.239. The number of nitrogens with one attached hydrogen (secondary N) is 1. The molecule has 6 nitrogen and oxygen atoms in total. The molecule has 0 radical (unpaired) electrons. The van der Waals surface area contributed by atoms with Crippen molar-refractivity contribution in [3.05, 3.63) is 89.5 Å². The summed E-state index contributed by atoms with van der Waals surface area (Å²) in [7, 11) is 1.80. The number of hydrogen-bond donors (Lipinski definition) is 1. The van der Waals surface area contributed by atoms with Crippen LogP contribution in [0, 0.1) is 5.82 Å². The summed E-state index contributed by atoms with van der Waals surface area (Å²) < 4.78 is 21.3. The Balaban J connectivity index is 1.40. The van der Waals surface area contributed by atoms with Crippen molar-refractivity contribution in [2.24, 2.45) is 4.99 Å². The van der Waals surface area contributed by atoms with Crippen molar-refractivity contribution in [2.45, 2.75) is 32.2 Å². The number of aliphatic imine (C=N–C) groups is 1. The van der Waals surface area contributed by atoms with Crippen LogP contribution in [-0.2, 0) is 17.8 Å². The fourth-order valence-corrected chi connectivity index (χ4v) is 3.92. The molecule has 1 saturated heterocycles. The van der Waals surface area contributed by atoms with Gasteiger partial charge in [-0.05, 0) is 41.8 Å². The molecule has 7 heteroatoms. The van der Waals surface area contributed by atoms with Gasteiger partial charge in [-0.15, -0.1) is 0 Å². The number of nitrogens with zero attached hydrogens (tertiary/aromatic N) is 4. The molecule has 2 aromatic carbocycles. The first kappa shape index (κ1) is 21.1. The molecular weight excluding hydrogens is 393 g/mol. The first-order valence-electron chi connectivity index (χ1n) is 10.5. The van der Waals surface area contributed by atoms with E-state index in [4.69, 9.17) is 4.74 Å². The van der Waals surface area contributed by atoms with Crippen LogP contribution in [0.4, 0.5) is 4.39 Å². The van der Waals surface area contributed by atoms with Crippen LogP contribution in [0.2, 0.25) is 0 Å². The number of ether oxygens (including phenoxy) is 1. The van der Waals surface area contributed by atoms with Gasteiger partial charge in [0, 0.05) is 32.5 Å². The zero-order chi connectivity index (χ0) is 21.6. The predicted octanol–water partition coefficient (Wildman–Crippen LogP) is 3.61. The maximum atomic E-state index is 13.3. The Bertz CT molecular complexity index is 1000. The molecule has 2 heterocycles. The smallest absolute Gasteiger partial charge is 0.194 e. The molecule has 0 bridgehead atoms. The standard InChI is InChI=1S/C24H28FN5O/c1-18-15-29(17-23(31-18)21-7-9-22(25)10-8-21)24(26-2)27-14-19-5-3-6-20(13-19)16-30-12-4-11-28-30/h3-13,18,23H,14-17H2,1-2H3,(H,26,27). The molecule has 2 atom stereocenters. The van der Waals surface area contributed by atoms with Crippen LogP contribution in [-0.4, -0.2) is 46.9 Å². The van der Waals surface area contributed by atoms with Gasteiger partial charge in [0.15, 0.2) is 5.96 Å². The zero-order valence-electron chi connectivity index (χ0n) is 17.9. The SMILES string of the molecule is CN=C(NCc1cccc(Cn2cccn2)c1)N1CC(C)OC(c2ccc(F)cc2)C1. The summed E-state index contributed by atoms with van der Waals surface area (Å²) in [5, 5.41) is 7.76. The van der Waals surface area contributed by atoms with Gasteiger partial charge in [0.25, 0.3) is 0 Å². The Morgan fingerprint density at radius 2 is 1.97 bits per heavy atom. The van der Waals surface area contributed by atoms with Gasteiger partial charge in [0.1, 0.15) is 11.9 Å². The van der Waals surface area contributed by atoms with Crippen molar-refractivity contribution < 1.29 is 9.13 Å². The number of rotatable bonds is 5. The number of halogens is 1. The fourth-order valence-electron chi connectivity index (χ4n) is 3.92. The first-order valence-corrected chi connectivity index (χ1v) is 10.5. The summed E-state index contributed by atoms with van der Waals surface area (Å²) in [6, 6.07) is 16.9. The van der Waals surface area contributed by atoms with E-state index in [1.165, 1.54) is 23.3 Å². The molecule has 0 saturated carbocycles. The number of guanidine groups is 1. The van der Waals surface area contributed by atoms with E-state index in [1.54, 1.807) is 25.4 Å². The van der Waals surface area contributed by atoms with E-state index in [9.17, 15) is 4.39 Å². The van der Waals surface area contributed by atoms with Crippen molar-refractivity contribution in [3.63, 3.8) is 0 Å². The van der Waals surface area contributed by atoms with Crippen molar-refractivity contribution in [1.29, 1.82) is 0 Å². The van der Waals surface area contributed by atoms with Crippen molar-refractivity contribution in [3.8, 4) is 0 Å². The van der Waals surface area contributed by atoms with Crippen LogP contribution in [0.15, 0.2) is 72.0 Å². The summed E-state index contributed by atoms with van der Waals surface area (Å²) in [5.74, 6) is 0.594. The molecule has 1 fully saturated rings. The molecule has 31 heavy (non-hydrogen) atoms. The number of benzene rings is 2. The van der Waals surface area contributed by atoms with E-state index in [0.29, 0.717) is 13.1 Å². The normalized spacial score (nSPS) is 19.5. The third-order valence-corrected chi connectivity index (χ3v) is 5.36. The Morgan fingerprint density at radius 3 is 2.71 bits per heavy atom. The molecule has 1 aliphatic rings. The van der Waals surface area contributed by atoms with Crippen molar-refractivity contribution >= 4 is 5.96 Å². The maximum absolute atomic E-state index is 13.3. The van der Waals surface area contributed by atoms with E-state index in [1.807, 2.05) is 16.9 Å². The van der Waals surface area contributed by atoms with Gasteiger partial charge < -0.3 is 15.0 Å². The van der Waals surface area contributed by atoms with E-state index in [-0.39, 0.29) is 18.0 Å². The second-order valence-electron chi connectivity index (χ2n) is 7.82. The molecule has 3 aromatic rings. The molecule has 2 unspecified atom stereocenters. The van der Waals surface area contributed by atoms with E-state index >= 15 is 0 Å². The third-order valence-electron chi connectivity index (χ3n) is 5.36. The quantitative estimate of drug-likeness (QED) is 0.505. The summed E-state index contributed by atoms with van der Waals surface area (Å²) in [5.41, 5.74) is 3.36. The fraction of sp³-hybridized carbons (Fsp3) is 0.333. The van der Waals surface area contributed by atoms with Gasteiger partial charge in [-0.1, -0.05) is 36.4 Å². The largest absolute Gasteiger partial charge is 0.367 e. The predicted molar refractivity (Wildman–Crippen MR) is 119 cm³/mol. The lowest BCUT2D eigenvalue weighted by Gasteiger charge is -2.38. The van der Waals surface area contributed by atoms with E-state index in [2.05, 4.69) is 51.5 Å². The number of morpholine rings is 1. The molecule has 0 amide bonds. The van der Waals surface area contributed by atoms with Crippen molar-refractivity contribution in [1.82, 2.24) is 20.0 Å². The molecule has 0 aliphatic carbocycles. The van der Waals surface area contributed by atoms with Gasteiger partial charge in [-0.25, -0.2) is 4.39 Å². The Morgan fingerprint density at radius 1 is 1.16 bits per heavy atom. The minimum absolute atomic E-state index is 0.0414. The molecule has 1 aromatic heterocycles. The second kappa shape index (κ2) is 9.75. The lowest BCUT2D eigenvalue weighted by atomic mass is 10.1. The lowest BCUT2D eigenvalue weighted by molar-refractivity contribution is -0.0605. The van der Waals surface area contributed by atoms with E-state index in [0.717, 1.165) is 24.6 Å². The van der Waals surface area contributed by atoms with E-state index < -0.39 is 0 Å². The highest BCUT2D eigenvalue weighted by molar-refractivity contribution is 5.80. The second-order valence-corrected chi connectivity index (χ2v) is 7.82. The highest BCUT2D eigenvalue weighted by atomic mass is 19.1. The monoisotopic (exact) mass is 421 g/mol. The molecule has 1 aliphatic heterocycles. The third kappa shape index (κ3) is 5.49. The Kier molecular flexibility index (Phi) is 6.62. The highest BCUT2D eigenvalue weighted by Gasteiger charge is 2.28. The molecule has 4 rings (SSSR count). The van der Waals surface area contributed by atoms with Crippen LogP contribution in [0.5, 0.6) is 0 Å². The van der Waals surface area contributed by atoms with Crippen molar-refractivity contribution in [2.75, 3.05) is 20.1 Å². The topological polar surface area (TPSA) is 54.7 Å². The zero-order valence-corrected chi connectivity index (χ0v) is 17.9. The minimum Gasteiger partial charge on any atom is -0.367 e. The maximum Gasteiger partial charge on any atom is 0.194 e. The van der Waals surface area contributed by atoms with Gasteiger partial charge in [-0.2, -0.15) is 5.10 Å². The Hall–Kier alpha value is -3.19. The average molecular weight is 422 g/mol. The average Bonchev–Trinajstić information content (AvgIpc) is 3.28.